The summed E-state index contributed by atoms with van der Waals surface area (Å²) in [6, 6.07) is 0.820. The zero-order valence-electron chi connectivity index (χ0n) is 9.91. The molecule has 1 aliphatic carbocycles. The number of rotatable bonds is 2. The molecule has 88 valence electrons. The Hall–Kier alpha value is -0.120. The van der Waals surface area contributed by atoms with Crippen LogP contribution in [0.3, 0.4) is 0 Å². The molecule has 0 radical (unpaired) electrons. The third-order valence-electron chi connectivity index (χ3n) is 4.24. The standard InChI is InChI=1S/C12H24N2O/c1-13-6-8-14(9-7-13)12-4-2-11(10-15)3-5-12/h11-12,15H,2-10H2,1H3/p+1. The van der Waals surface area contributed by atoms with Crippen molar-refractivity contribution in [3.05, 3.63) is 0 Å². The van der Waals surface area contributed by atoms with Crippen LogP contribution >= 0.6 is 0 Å². The van der Waals surface area contributed by atoms with Crippen LogP contribution in [0, 0.1) is 5.92 Å². The van der Waals surface area contributed by atoms with E-state index >= 15 is 0 Å². The first-order chi connectivity index (χ1) is 7.29. The summed E-state index contributed by atoms with van der Waals surface area (Å²) in [5.74, 6) is 0.597. The SMILES string of the molecule is C[NH+]1CCN(C2CCC(CO)CC2)CC1. The van der Waals surface area contributed by atoms with Crippen molar-refractivity contribution in [1.82, 2.24) is 4.90 Å². The summed E-state index contributed by atoms with van der Waals surface area (Å²) in [4.78, 5) is 4.36. The number of piperazine rings is 1. The van der Waals surface area contributed by atoms with Crippen LogP contribution in [-0.4, -0.2) is 55.9 Å². The van der Waals surface area contributed by atoms with E-state index < -0.39 is 0 Å². The van der Waals surface area contributed by atoms with Crippen LogP contribution in [0.1, 0.15) is 25.7 Å². The van der Waals surface area contributed by atoms with Crippen molar-refractivity contribution in [2.45, 2.75) is 31.7 Å². The molecule has 0 aromatic rings. The van der Waals surface area contributed by atoms with Gasteiger partial charge in [0.25, 0.3) is 0 Å². The fourth-order valence-electron chi connectivity index (χ4n) is 2.96. The third-order valence-corrected chi connectivity index (χ3v) is 4.24. The Morgan fingerprint density at radius 1 is 1.13 bits per heavy atom. The number of nitrogens with one attached hydrogen (secondary N) is 1. The van der Waals surface area contributed by atoms with E-state index in [4.69, 9.17) is 5.11 Å². The average molecular weight is 213 g/mol. The van der Waals surface area contributed by atoms with E-state index in [1.54, 1.807) is 4.90 Å². The van der Waals surface area contributed by atoms with Crippen LogP contribution in [-0.2, 0) is 0 Å². The third kappa shape index (κ3) is 2.92. The lowest BCUT2D eigenvalue weighted by Gasteiger charge is -2.39. The quantitative estimate of drug-likeness (QED) is 0.639. The molecule has 0 aromatic heterocycles. The van der Waals surface area contributed by atoms with Gasteiger partial charge in [-0.25, -0.2) is 0 Å². The first-order valence-corrected chi connectivity index (χ1v) is 6.46. The molecule has 15 heavy (non-hydrogen) atoms. The van der Waals surface area contributed by atoms with Crippen molar-refractivity contribution in [2.24, 2.45) is 5.92 Å². The molecule has 0 amide bonds. The van der Waals surface area contributed by atoms with Crippen molar-refractivity contribution >= 4 is 0 Å². The lowest BCUT2D eigenvalue weighted by Crippen LogP contribution is -3.12. The van der Waals surface area contributed by atoms with E-state index in [2.05, 4.69) is 11.9 Å². The second kappa shape index (κ2) is 5.28. The highest BCUT2D eigenvalue weighted by molar-refractivity contribution is 4.80. The molecular weight excluding hydrogens is 188 g/mol. The summed E-state index contributed by atoms with van der Waals surface area (Å²) < 4.78 is 0. The Morgan fingerprint density at radius 3 is 2.27 bits per heavy atom. The molecule has 1 heterocycles. The van der Waals surface area contributed by atoms with E-state index in [1.165, 1.54) is 51.9 Å². The summed E-state index contributed by atoms with van der Waals surface area (Å²) in [7, 11) is 2.29. The van der Waals surface area contributed by atoms with Crippen molar-refractivity contribution in [2.75, 3.05) is 39.8 Å². The first kappa shape index (κ1) is 11.4. The topological polar surface area (TPSA) is 27.9 Å². The van der Waals surface area contributed by atoms with Gasteiger partial charge in [-0.3, -0.25) is 4.90 Å². The average Bonchev–Trinajstić information content (AvgIpc) is 2.30. The predicted molar refractivity (Wildman–Crippen MR) is 61.0 cm³/mol. The van der Waals surface area contributed by atoms with E-state index in [9.17, 15) is 0 Å². The summed E-state index contributed by atoms with van der Waals surface area (Å²) in [5, 5.41) is 9.11. The summed E-state index contributed by atoms with van der Waals surface area (Å²) >= 11 is 0. The molecule has 2 rings (SSSR count). The smallest absolute Gasteiger partial charge is 0.0898 e. The van der Waals surface area contributed by atoms with Gasteiger partial charge in [-0.15, -0.1) is 0 Å². The molecule has 1 saturated heterocycles. The van der Waals surface area contributed by atoms with Crippen LogP contribution in [0.5, 0.6) is 0 Å². The van der Waals surface area contributed by atoms with Crippen LogP contribution in [0.4, 0.5) is 0 Å². The van der Waals surface area contributed by atoms with Gasteiger partial charge in [0, 0.05) is 25.7 Å². The number of nitrogens with zero attached hydrogens (tertiary/aromatic N) is 1. The van der Waals surface area contributed by atoms with Crippen molar-refractivity contribution in [3.8, 4) is 0 Å². The molecule has 3 nitrogen and oxygen atoms in total. The Bertz CT molecular complexity index is 182. The van der Waals surface area contributed by atoms with Crippen molar-refractivity contribution < 1.29 is 10.0 Å². The molecule has 0 atom stereocenters. The minimum absolute atomic E-state index is 0.402. The van der Waals surface area contributed by atoms with Gasteiger partial charge in [-0.05, 0) is 31.6 Å². The van der Waals surface area contributed by atoms with Crippen molar-refractivity contribution in [1.29, 1.82) is 0 Å². The van der Waals surface area contributed by atoms with E-state index in [0.29, 0.717) is 12.5 Å². The Labute approximate surface area is 93.1 Å². The molecule has 0 bridgehead atoms. The second-order valence-electron chi connectivity index (χ2n) is 5.35. The highest BCUT2D eigenvalue weighted by Gasteiger charge is 2.28. The second-order valence-corrected chi connectivity index (χ2v) is 5.35. The van der Waals surface area contributed by atoms with Gasteiger partial charge in [-0.2, -0.15) is 0 Å². The van der Waals surface area contributed by atoms with Gasteiger partial charge in [0.05, 0.1) is 20.1 Å². The molecule has 2 aliphatic rings. The maximum Gasteiger partial charge on any atom is 0.0898 e. The number of hydrogen-bond donors (Lipinski definition) is 2. The summed E-state index contributed by atoms with van der Waals surface area (Å²) in [6.07, 6.45) is 5.09. The fourth-order valence-corrected chi connectivity index (χ4v) is 2.96. The highest BCUT2D eigenvalue weighted by atomic mass is 16.3. The molecule has 1 saturated carbocycles. The summed E-state index contributed by atoms with van der Waals surface area (Å²) in [6.45, 7) is 5.57. The first-order valence-electron chi connectivity index (χ1n) is 6.46. The molecule has 0 spiro atoms. The van der Waals surface area contributed by atoms with Gasteiger partial charge in [0.1, 0.15) is 0 Å². The molecule has 3 heteroatoms. The zero-order chi connectivity index (χ0) is 10.7. The van der Waals surface area contributed by atoms with Gasteiger partial charge in [0.2, 0.25) is 0 Å². The lowest BCUT2D eigenvalue weighted by atomic mass is 9.85. The molecule has 0 unspecified atom stereocenters. The van der Waals surface area contributed by atoms with Crippen molar-refractivity contribution in [3.63, 3.8) is 0 Å². The molecular formula is C12H25N2O+. The lowest BCUT2D eigenvalue weighted by molar-refractivity contribution is -0.884. The maximum absolute atomic E-state index is 9.11. The fraction of sp³-hybridized carbons (Fsp3) is 1.00. The number of likely N-dealkylation sites (N-methyl/N-ethyl adjacent to an activating group) is 1. The minimum Gasteiger partial charge on any atom is -0.396 e. The molecule has 2 N–H and O–H groups in total. The zero-order valence-corrected chi connectivity index (χ0v) is 9.91. The number of aliphatic hydroxyl groups excluding tert-OH is 1. The molecule has 0 aromatic carbocycles. The number of aliphatic hydroxyl groups is 1. The predicted octanol–water partition coefficient (Wildman–Crippen LogP) is -0.632. The van der Waals surface area contributed by atoms with Gasteiger partial charge < -0.3 is 10.0 Å². The van der Waals surface area contributed by atoms with E-state index in [1.807, 2.05) is 0 Å². The van der Waals surface area contributed by atoms with E-state index in [0.717, 1.165) is 6.04 Å². The number of hydrogen-bond acceptors (Lipinski definition) is 2. The van der Waals surface area contributed by atoms with Crippen LogP contribution in [0.25, 0.3) is 0 Å². The molecule has 2 fully saturated rings. The Balaban J connectivity index is 1.75. The maximum atomic E-state index is 9.11. The Kier molecular flexibility index (Phi) is 4.00. The molecule has 1 aliphatic heterocycles. The largest absolute Gasteiger partial charge is 0.396 e. The monoisotopic (exact) mass is 213 g/mol. The highest BCUT2D eigenvalue weighted by Crippen LogP contribution is 2.27. The van der Waals surface area contributed by atoms with Crippen LogP contribution in [0.15, 0.2) is 0 Å². The minimum atomic E-state index is 0.402. The van der Waals surface area contributed by atoms with Crippen LogP contribution in [0.2, 0.25) is 0 Å². The Morgan fingerprint density at radius 2 is 1.73 bits per heavy atom. The normalized spacial score (nSPS) is 35.6. The van der Waals surface area contributed by atoms with Gasteiger partial charge in [-0.1, -0.05) is 0 Å². The van der Waals surface area contributed by atoms with Gasteiger partial charge >= 0.3 is 0 Å². The van der Waals surface area contributed by atoms with E-state index in [-0.39, 0.29) is 0 Å². The van der Waals surface area contributed by atoms with Crippen LogP contribution < -0.4 is 4.90 Å². The summed E-state index contributed by atoms with van der Waals surface area (Å²) in [5.41, 5.74) is 0. The van der Waals surface area contributed by atoms with Gasteiger partial charge in [0.15, 0.2) is 0 Å². The number of quaternary nitrogens is 1.